The largest absolute Gasteiger partial charge is 0.496 e. The molecular formula is C19H25N3O2. The summed E-state index contributed by atoms with van der Waals surface area (Å²) in [7, 11) is 3.67. The molecular weight excluding hydrogens is 302 g/mol. The summed E-state index contributed by atoms with van der Waals surface area (Å²) in [6.07, 6.45) is 5.06. The first-order chi connectivity index (χ1) is 11.7. The molecule has 2 aromatic rings. The number of likely N-dealkylation sites (N-methyl/N-ethyl adjacent to an activating group) is 1. The van der Waals surface area contributed by atoms with E-state index in [0.29, 0.717) is 13.0 Å². The van der Waals surface area contributed by atoms with Crippen LogP contribution in [0.15, 0.2) is 48.8 Å². The highest BCUT2D eigenvalue weighted by molar-refractivity contribution is 5.76. The number of amides is 1. The second kappa shape index (κ2) is 9.67. The highest BCUT2D eigenvalue weighted by atomic mass is 16.5. The van der Waals surface area contributed by atoms with Crippen LogP contribution >= 0.6 is 0 Å². The molecule has 0 saturated carbocycles. The van der Waals surface area contributed by atoms with E-state index in [2.05, 4.69) is 15.2 Å². The third-order valence-electron chi connectivity index (χ3n) is 3.92. The number of methoxy groups -OCH3 is 1. The van der Waals surface area contributed by atoms with Gasteiger partial charge in [0.2, 0.25) is 5.91 Å². The number of nitrogens with one attached hydrogen (secondary N) is 1. The first kappa shape index (κ1) is 17.9. The molecule has 0 radical (unpaired) electrons. The van der Waals surface area contributed by atoms with Crippen LogP contribution in [0.4, 0.5) is 0 Å². The Hall–Kier alpha value is -2.40. The molecule has 5 nitrogen and oxygen atoms in total. The van der Waals surface area contributed by atoms with E-state index < -0.39 is 0 Å². The van der Waals surface area contributed by atoms with E-state index in [1.54, 1.807) is 19.5 Å². The van der Waals surface area contributed by atoms with Crippen LogP contribution in [0.2, 0.25) is 0 Å². The second-order valence-corrected chi connectivity index (χ2v) is 5.75. The molecule has 0 bridgehead atoms. The van der Waals surface area contributed by atoms with Gasteiger partial charge < -0.3 is 15.0 Å². The Balaban J connectivity index is 1.67. The summed E-state index contributed by atoms with van der Waals surface area (Å²) in [5.41, 5.74) is 2.25. The fourth-order valence-corrected chi connectivity index (χ4v) is 2.40. The highest BCUT2D eigenvalue weighted by Gasteiger charge is 2.07. The molecule has 0 aliphatic heterocycles. The van der Waals surface area contributed by atoms with E-state index >= 15 is 0 Å². The van der Waals surface area contributed by atoms with E-state index in [4.69, 9.17) is 4.74 Å². The molecule has 2 rings (SSSR count). The minimum atomic E-state index is 0.0525. The monoisotopic (exact) mass is 327 g/mol. The third-order valence-corrected chi connectivity index (χ3v) is 3.92. The summed E-state index contributed by atoms with van der Waals surface area (Å²) < 4.78 is 5.29. The van der Waals surface area contributed by atoms with Gasteiger partial charge in [0.05, 0.1) is 7.11 Å². The summed E-state index contributed by atoms with van der Waals surface area (Å²) in [4.78, 5) is 18.2. The Bertz CT molecular complexity index is 632. The number of pyridine rings is 1. The van der Waals surface area contributed by atoms with Gasteiger partial charge >= 0.3 is 0 Å². The van der Waals surface area contributed by atoms with Gasteiger partial charge in [0.25, 0.3) is 0 Å². The molecule has 1 N–H and O–H groups in total. The normalized spacial score (nSPS) is 10.6. The van der Waals surface area contributed by atoms with Crippen molar-refractivity contribution in [1.82, 2.24) is 15.2 Å². The number of carbonyl (C=O) groups is 1. The highest BCUT2D eigenvalue weighted by Crippen LogP contribution is 2.16. The van der Waals surface area contributed by atoms with Crippen molar-refractivity contribution in [1.29, 1.82) is 0 Å². The standard InChI is InChI=1S/C19H25N3O2/c1-22(13-9-16-7-11-20-12-8-16)14-10-19(23)21-15-17-5-3-4-6-18(17)24-2/h3-8,11-12H,9-10,13-15H2,1-2H3,(H,21,23). The molecule has 1 heterocycles. The van der Waals surface area contributed by atoms with Crippen LogP contribution < -0.4 is 10.1 Å². The van der Waals surface area contributed by atoms with E-state index in [9.17, 15) is 4.79 Å². The van der Waals surface area contributed by atoms with Crippen molar-refractivity contribution in [2.45, 2.75) is 19.4 Å². The van der Waals surface area contributed by atoms with E-state index in [0.717, 1.165) is 30.8 Å². The molecule has 0 fully saturated rings. The Morgan fingerprint density at radius 3 is 2.67 bits per heavy atom. The van der Waals surface area contributed by atoms with Gasteiger partial charge in [0.1, 0.15) is 5.75 Å². The summed E-state index contributed by atoms with van der Waals surface area (Å²) in [5, 5.41) is 2.95. The topological polar surface area (TPSA) is 54.5 Å². The lowest BCUT2D eigenvalue weighted by molar-refractivity contribution is -0.121. The number of para-hydroxylation sites is 1. The Morgan fingerprint density at radius 2 is 1.92 bits per heavy atom. The molecule has 0 aliphatic rings. The maximum absolute atomic E-state index is 12.0. The number of benzene rings is 1. The Labute approximate surface area is 143 Å². The second-order valence-electron chi connectivity index (χ2n) is 5.75. The predicted octanol–water partition coefficient (Wildman–Crippen LogP) is 2.27. The number of aromatic nitrogens is 1. The minimum Gasteiger partial charge on any atom is -0.496 e. The number of rotatable bonds is 9. The van der Waals surface area contributed by atoms with Gasteiger partial charge in [0, 0.05) is 44.0 Å². The van der Waals surface area contributed by atoms with Gasteiger partial charge in [0.15, 0.2) is 0 Å². The van der Waals surface area contributed by atoms with Crippen molar-refractivity contribution in [3.63, 3.8) is 0 Å². The minimum absolute atomic E-state index is 0.0525. The third kappa shape index (κ3) is 6.01. The van der Waals surface area contributed by atoms with Crippen LogP contribution in [0.25, 0.3) is 0 Å². The number of carbonyl (C=O) groups excluding carboxylic acids is 1. The van der Waals surface area contributed by atoms with Gasteiger partial charge in [-0.3, -0.25) is 9.78 Å². The average molecular weight is 327 g/mol. The average Bonchev–Trinajstić information content (AvgIpc) is 2.64. The lowest BCUT2D eigenvalue weighted by Gasteiger charge is -2.16. The van der Waals surface area contributed by atoms with E-state index in [1.807, 2.05) is 43.4 Å². The van der Waals surface area contributed by atoms with Gasteiger partial charge in [-0.2, -0.15) is 0 Å². The molecule has 0 aliphatic carbocycles. The smallest absolute Gasteiger partial charge is 0.221 e. The number of hydrogen-bond acceptors (Lipinski definition) is 4. The van der Waals surface area contributed by atoms with Crippen LogP contribution in [-0.4, -0.2) is 43.0 Å². The Kier molecular flexibility index (Phi) is 7.23. The van der Waals surface area contributed by atoms with Crippen LogP contribution in [-0.2, 0) is 17.8 Å². The molecule has 5 heteroatoms. The van der Waals surface area contributed by atoms with Gasteiger partial charge in [-0.05, 0) is 37.2 Å². The van der Waals surface area contributed by atoms with Crippen LogP contribution in [0.5, 0.6) is 5.75 Å². The van der Waals surface area contributed by atoms with Gasteiger partial charge in [-0.15, -0.1) is 0 Å². The Morgan fingerprint density at radius 1 is 1.17 bits per heavy atom. The zero-order valence-corrected chi connectivity index (χ0v) is 14.4. The van der Waals surface area contributed by atoms with E-state index in [-0.39, 0.29) is 5.91 Å². The van der Waals surface area contributed by atoms with Crippen LogP contribution in [0.3, 0.4) is 0 Å². The van der Waals surface area contributed by atoms with Gasteiger partial charge in [-0.25, -0.2) is 0 Å². The SMILES string of the molecule is COc1ccccc1CNC(=O)CCN(C)CCc1ccncc1. The number of nitrogens with zero attached hydrogens (tertiary/aromatic N) is 2. The molecule has 24 heavy (non-hydrogen) atoms. The zero-order valence-electron chi connectivity index (χ0n) is 14.4. The molecule has 1 aromatic heterocycles. The van der Waals surface area contributed by atoms with Crippen molar-refractivity contribution >= 4 is 5.91 Å². The van der Waals surface area contributed by atoms with Crippen LogP contribution in [0.1, 0.15) is 17.5 Å². The van der Waals surface area contributed by atoms with Crippen molar-refractivity contribution < 1.29 is 9.53 Å². The zero-order chi connectivity index (χ0) is 17.2. The maximum atomic E-state index is 12.0. The first-order valence-corrected chi connectivity index (χ1v) is 8.15. The molecule has 0 unspecified atom stereocenters. The lowest BCUT2D eigenvalue weighted by Crippen LogP contribution is -2.29. The quantitative estimate of drug-likeness (QED) is 0.768. The number of ether oxygens (including phenoxy) is 1. The molecule has 128 valence electrons. The summed E-state index contributed by atoms with van der Waals surface area (Å²) in [6, 6.07) is 11.8. The summed E-state index contributed by atoms with van der Waals surface area (Å²) >= 11 is 0. The molecule has 0 atom stereocenters. The molecule has 1 aromatic carbocycles. The summed E-state index contributed by atoms with van der Waals surface area (Å²) in [6.45, 7) is 2.15. The number of hydrogen-bond donors (Lipinski definition) is 1. The van der Waals surface area contributed by atoms with Gasteiger partial charge in [-0.1, -0.05) is 18.2 Å². The van der Waals surface area contributed by atoms with E-state index in [1.165, 1.54) is 5.56 Å². The van der Waals surface area contributed by atoms with Crippen molar-refractivity contribution in [3.05, 3.63) is 59.9 Å². The van der Waals surface area contributed by atoms with Crippen molar-refractivity contribution in [2.24, 2.45) is 0 Å². The molecule has 0 spiro atoms. The lowest BCUT2D eigenvalue weighted by atomic mass is 10.2. The fraction of sp³-hybridized carbons (Fsp3) is 0.368. The maximum Gasteiger partial charge on any atom is 0.221 e. The summed E-state index contributed by atoms with van der Waals surface area (Å²) in [5.74, 6) is 0.851. The van der Waals surface area contributed by atoms with Crippen LogP contribution in [0, 0.1) is 0 Å². The molecule has 1 amide bonds. The predicted molar refractivity (Wildman–Crippen MR) is 94.9 cm³/mol. The first-order valence-electron chi connectivity index (χ1n) is 8.15. The van der Waals surface area contributed by atoms with Crippen molar-refractivity contribution in [3.8, 4) is 5.75 Å². The fourth-order valence-electron chi connectivity index (χ4n) is 2.40. The van der Waals surface area contributed by atoms with Crippen molar-refractivity contribution in [2.75, 3.05) is 27.2 Å². The molecule has 0 saturated heterocycles.